The van der Waals surface area contributed by atoms with E-state index in [1.54, 1.807) is 0 Å². The zero-order valence-corrected chi connectivity index (χ0v) is 40.6. The Morgan fingerprint density at radius 2 is 0.617 bits per heavy atom. The first kappa shape index (κ1) is 58.4. The van der Waals surface area contributed by atoms with Crippen LogP contribution in [0.5, 0.6) is 0 Å². The minimum absolute atomic E-state index is 0.00293. The van der Waals surface area contributed by atoms with Crippen LogP contribution in [-0.2, 0) is 19.1 Å². The second-order valence-electron chi connectivity index (χ2n) is 18.9. The molecule has 0 aromatic rings. The van der Waals surface area contributed by atoms with E-state index < -0.39 is 5.97 Å². The number of ether oxygens (including phenoxy) is 1. The Hall–Kier alpha value is -1.59. The summed E-state index contributed by atoms with van der Waals surface area (Å²) in [7, 11) is 0. The molecule has 0 rings (SSSR count). The average molecular weight is 848 g/mol. The molecule has 2 N–H and O–H groups in total. The highest BCUT2D eigenvalue weighted by Gasteiger charge is 2.14. The van der Waals surface area contributed by atoms with Gasteiger partial charge in [0, 0.05) is 12.8 Å². The lowest BCUT2D eigenvalue weighted by molar-refractivity contribution is -0.150. The first-order chi connectivity index (χ1) is 29.5. The van der Waals surface area contributed by atoms with Crippen molar-refractivity contribution in [3.63, 3.8) is 0 Å². The van der Waals surface area contributed by atoms with Crippen LogP contribution in [0.15, 0.2) is 0 Å². The van der Waals surface area contributed by atoms with Crippen LogP contribution in [0.4, 0.5) is 0 Å². The number of hydrogen-bond acceptors (Lipinski definition) is 4. The number of rotatable bonds is 51. The summed E-state index contributed by atoms with van der Waals surface area (Å²) in [6.07, 6.45) is 59.8. The smallest absolute Gasteiger partial charge is 0.322 e. The number of hydrogen-bond donors (Lipinski definition) is 2. The van der Waals surface area contributed by atoms with Crippen molar-refractivity contribution in [1.82, 2.24) is 5.32 Å². The normalized spacial score (nSPS) is 11.9. The number of carboxylic acids is 1. The zero-order chi connectivity index (χ0) is 43.7. The summed E-state index contributed by atoms with van der Waals surface area (Å²) >= 11 is 0. The van der Waals surface area contributed by atoms with Crippen LogP contribution in [0.2, 0.25) is 0 Å². The van der Waals surface area contributed by atoms with Crippen molar-refractivity contribution in [3.8, 4) is 0 Å². The number of nitrogens with one attached hydrogen (secondary N) is 1. The summed E-state index contributed by atoms with van der Waals surface area (Å²) < 4.78 is 6.08. The Bertz CT molecular complexity index is 893. The predicted molar refractivity (Wildman–Crippen MR) is 259 cm³/mol. The highest BCUT2D eigenvalue weighted by Crippen LogP contribution is 2.20. The SMILES string of the molecule is CCCCCCCCCCCCCCCCCCCCCCCCCC(=O)OC(CCCCCCCCCCCCCCCCC)CCCCCCCC(=O)NCC(=O)O. The maximum absolute atomic E-state index is 12.9. The molecule has 0 spiro atoms. The molecule has 6 heteroatoms. The molecule has 0 bridgehead atoms. The highest BCUT2D eigenvalue weighted by atomic mass is 16.5. The summed E-state index contributed by atoms with van der Waals surface area (Å²) in [6, 6.07) is 0. The van der Waals surface area contributed by atoms with E-state index in [1.807, 2.05) is 0 Å². The van der Waals surface area contributed by atoms with Crippen molar-refractivity contribution in [3.05, 3.63) is 0 Å². The zero-order valence-electron chi connectivity index (χ0n) is 40.6. The summed E-state index contributed by atoms with van der Waals surface area (Å²) in [5.74, 6) is -1.20. The average Bonchev–Trinajstić information content (AvgIpc) is 3.24. The summed E-state index contributed by atoms with van der Waals surface area (Å²) in [5, 5.41) is 11.1. The number of amides is 1. The molecule has 60 heavy (non-hydrogen) atoms. The van der Waals surface area contributed by atoms with E-state index in [-0.39, 0.29) is 24.5 Å². The number of carbonyl (C=O) groups is 3. The van der Waals surface area contributed by atoms with Gasteiger partial charge >= 0.3 is 11.9 Å². The quantitative estimate of drug-likeness (QED) is 0.0470. The largest absolute Gasteiger partial charge is 0.480 e. The molecule has 1 amide bonds. The Labute approximate surface area is 374 Å². The Morgan fingerprint density at radius 3 is 0.900 bits per heavy atom. The van der Waals surface area contributed by atoms with Crippen molar-refractivity contribution < 1.29 is 24.2 Å². The first-order valence-electron chi connectivity index (χ1n) is 27.2. The fourth-order valence-corrected chi connectivity index (χ4v) is 8.76. The van der Waals surface area contributed by atoms with E-state index in [9.17, 15) is 14.4 Å². The molecular formula is C54H105NO5. The van der Waals surface area contributed by atoms with Crippen LogP contribution in [0, 0.1) is 0 Å². The highest BCUT2D eigenvalue weighted by molar-refractivity contribution is 5.80. The third kappa shape index (κ3) is 49.1. The topological polar surface area (TPSA) is 92.7 Å². The number of carboxylic acid groups (broad SMARTS) is 1. The van der Waals surface area contributed by atoms with Gasteiger partial charge in [0.25, 0.3) is 0 Å². The fraction of sp³-hybridized carbons (Fsp3) is 0.944. The number of esters is 1. The number of unbranched alkanes of at least 4 members (excludes halogenated alkanes) is 40. The summed E-state index contributed by atoms with van der Waals surface area (Å²) in [4.78, 5) is 35.2. The van der Waals surface area contributed by atoms with Gasteiger partial charge in [0.15, 0.2) is 0 Å². The van der Waals surface area contributed by atoms with E-state index >= 15 is 0 Å². The van der Waals surface area contributed by atoms with E-state index in [1.165, 1.54) is 225 Å². The number of carbonyl (C=O) groups excluding carboxylic acids is 2. The fourth-order valence-electron chi connectivity index (χ4n) is 8.76. The van der Waals surface area contributed by atoms with Gasteiger partial charge in [0.05, 0.1) is 0 Å². The third-order valence-corrected chi connectivity index (χ3v) is 12.8. The number of aliphatic carboxylic acids is 1. The van der Waals surface area contributed by atoms with E-state index in [4.69, 9.17) is 9.84 Å². The Morgan fingerprint density at radius 1 is 0.367 bits per heavy atom. The standard InChI is InChI=1S/C54H105NO5/c1-3-5-7-9-11-13-15-17-19-20-21-22-23-24-25-26-28-30-32-34-36-41-45-49-54(59)60-51(47-43-39-37-40-44-48-52(56)55-50-53(57)58)46-42-38-35-33-31-29-27-18-16-14-12-10-8-6-4-2/h51H,3-50H2,1-2H3,(H,55,56)(H,57,58). The van der Waals surface area contributed by atoms with Gasteiger partial charge in [-0.05, 0) is 38.5 Å². The molecule has 0 aromatic carbocycles. The Balaban J connectivity index is 3.99. The van der Waals surface area contributed by atoms with Gasteiger partial charge in [-0.3, -0.25) is 14.4 Å². The molecule has 0 saturated carbocycles. The molecule has 0 saturated heterocycles. The van der Waals surface area contributed by atoms with Crippen LogP contribution in [-0.4, -0.2) is 35.6 Å². The van der Waals surface area contributed by atoms with Gasteiger partial charge in [-0.1, -0.05) is 264 Å². The lowest BCUT2D eigenvalue weighted by Crippen LogP contribution is -2.28. The predicted octanol–water partition coefficient (Wildman–Crippen LogP) is 17.5. The van der Waals surface area contributed by atoms with Crippen molar-refractivity contribution >= 4 is 17.8 Å². The van der Waals surface area contributed by atoms with Gasteiger partial charge in [0.1, 0.15) is 12.6 Å². The van der Waals surface area contributed by atoms with Crippen molar-refractivity contribution in [1.29, 1.82) is 0 Å². The minimum atomic E-state index is -1.01. The minimum Gasteiger partial charge on any atom is -0.480 e. The lowest BCUT2D eigenvalue weighted by atomic mass is 10.0. The molecule has 356 valence electrons. The van der Waals surface area contributed by atoms with Gasteiger partial charge < -0.3 is 15.2 Å². The van der Waals surface area contributed by atoms with E-state index in [2.05, 4.69) is 19.2 Å². The molecule has 0 aliphatic rings. The van der Waals surface area contributed by atoms with Crippen LogP contribution in [0.25, 0.3) is 0 Å². The summed E-state index contributed by atoms with van der Waals surface area (Å²) in [5.41, 5.74) is 0. The van der Waals surface area contributed by atoms with Crippen LogP contribution < -0.4 is 5.32 Å². The van der Waals surface area contributed by atoms with Crippen LogP contribution in [0.1, 0.15) is 316 Å². The second-order valence-corrected chi connectivity index (χ2v) is 18.9. The maximum Gasteiger partial charge on any atom is 0.322 e. The molecule has 1 atom stereocenters. The van der Waals surface area contributed by atoms with Crippen molar-refractivity contribution in [2.75, 3.05) is 6.54 Å². The molecule has 0 heterocycles. The molecule has 0 aromatic heterocycles. The molecule has 1 unspecified atom stereocenters. The molecule has 0 aliphatic carbocycles. The molecule has 6 nitrogen and oxygen atoms in total. The summed E-state index contributed by atoms with van der Waals surface area (Å²) in [6.45, 7) is 4.27. The lowest BCUT2D eigenvalue weighted by Gasteiger charge is -2.18. The van der Waals surface area contributed by atoms with E-state index in [0.29, 0.717) is 12.8 Å². The van der Waals surface area contributed by atoms with Gasteiger partial charge in [-0.15, -0.1) is 0 Å². The van der Waals surface area contributed by atoms with Crippen molar-refractivity contribution in [2.45, 2.75) is 322 Å². The second kappa shape index (κ2) is 50.1. The van der Waals surface area contributed by atoms with Gasteiger partial charge in [-0.2, -0.15) is 0 Å². The van der Waals surface area contributed by atoms with Gasteiger partial charge in [0.2, 0.25) is 5.91 Å². The van der Waals surface area contributed by atoms with E-state index in [0.717, 1.165) is 64.2 Å². The molecule has 0 fully saturated rings. The molecular weight excluding hydrogens is 743 g/mol. The molecule has 0 radical (unpaired) electrons. The first-order valence-corrected chi connectivity index (χ1v) is 27.2. The maximum atomic E-state index is 12.9. The van der Waals surface area contributed by atoms with Crippen LogP contribution in [0.3, 0.4) is 0 Å². The Kier molecular flexibility index (Phi) is 48.7. The molecule has 0 aliphatic heterocycles. The van der Waals surface area contributed by atoms with Crippen LogP contribution >= 0.6 is 0 Å². The van der Waals surface area contributed by atoms with Gasteiger partial charge in [-0.25, -0.2) is 0 Å². The third-order valence-electron chi connectivity index (χ3n) is 12.8. The monoisotopic (exact) mass is 848 g/mol. The van der Waals surface area contributed by atoms with Crippen molar-refractivity contribution in [2.24, 2.45) is 0 Å².